The average Bonchev–Trinajstić information content (AvgIpc) is 2.11. The van der Waals surface area contributed by atoms with Gasteiger partial charge in [0, 0.05) is 4.47 Å². The molecule has 7 heteroatoms. The number of halogens is 4. The number of carbonyl (C=O) groups is 1. The van der Waals surface area contributed by atoms with Gasteiger partial charge < -0.3 is 4.74 Å². The third-order valence-corrected chi connectivity index (χ3v) is 2.42. The molecule has 0 aliphatic heterocycles. The Kier molecular flexibility index (Phi) is 4.50. The molecule has 0 radical (unpaired) electrons. The second-order valence-corrected chi connectivity index (χ2v) is 5.73. The molecule has 0 atom stereocenters. The maximum atomic E-state index is 12.8. The molecular formula is C12H13BrF3NO2. The number of amides is 1. The molecule has 1 N–H and O–H groups in total. The second-order valence-electron chi connectivity index (χ2n) is 4.81. The van der Waals surface area contributed by atoms with Crippen molar-refractivity contribution in [3.63, 3.8) is 0 Å². The minimum Gasteiger partial charge on any atom is -0.444 e. The summed E-state index contributed by atoms with van der Waals surface area (Å²) in [7, 11) is 0. The monoisotopic (exact) mass is 339 g/mol. The lowest BCUT2D eigenvalue weighted by Gasteiger charge is -2.21. The SMILES string of the molecule is CC(C)(C)OC(=O)Nc1cc(Br)ccc1C(F)(F)F. The highest BCUT2D eigenvalue weighted by molar-refractivity contribution is 9.10. The summed E-state index contributed by atoms with van der Waals surface area (Å²) in [5.74, 6) is 0. The van der Waals surface area contributed by atoms with Crippen LogP contribution in [0.2, 0.25) is 0 Å². The molecule has 0 fully saturated rings. The van der Waals surface area contributed by atoms with E-state index >= 15 is 0 Å². The van der Waals surface area contributed by atoms with Crippen molar-refractivity contribution in [3.05, 3.63) is 28.2 Å². The Labute approximate surface area is 117 Å². The van der Waals surface area contributed by atoms with E-state index in [1.165, 1.54) is 12.1 Å². The van der Waals surface area contributed by atoms with E-state index in [-0.39, 0.29) is 5.69 Å². The molecule has 0 aliphatic carbocycles. The highest BCUT2D eigenvalue weighted by atomic mass is 79.9. The van der Waals surface area contributed by atoms with Crippen LogP contribution in [-0.2, 0) is 10.9 Å². The van der Waals surface area contributed by atoms with Crippen LogP contribution in [0, 0.1) is 0 Å². The van der Waals surface area contributed by atoms with Crippen molar-refractivity contribution in [2.75, 3.05) is 5.32 Å². The van der Waals surface area contributed by atoms with E-state index in [9.17, 15) is 18.0 Å². The lowest BCUT2D eigenvalue weighted by molar-refractivity contribution is -0.136. The maximum absolute atomic E-state index is 12.8. The van der Waals surface area contributed by atoms with Gasteiger partial charge in [0.25, 0.3) is 0 Å². The highest BCUT2D eigenvalue weighted by Gasteiger charge is 2.34. The standard InChI is InChI=1S/C12H13BrF3NO2/c1-11(2,3)19-10(18)17-9-6-7(13)4-5-8(9)12(14,15)16/h4-6H,1-3H3,(H,17,18). The van der Waals surface area contributed by atoms with Gasteiger partial charge in [0.2, 0.25) is 0 Å². The lowest BCUT2D eigenvalue weighted by Crippen LogP contribution is -2.28. The van der Waals surface area contributed by atoms with E-state index in [1.54, 1.807) is 20.8 Å². The summed E-state index contributed by atoms with van der Waals surface area (Å²) in [6.45, 7) is 4.87. The van der Waals surface area contributed by atoms with Crippen molar-refractivity contribution in [2.45, 2.75) is 32.5 Å². The van der Waals surface area contributed by atoms with Crippen LogP contribution in [0.4, 0.5) is 23.7 Å². The summed E-state index contributed by atoms with van der Waals surface area (Å²) in [4.78, 5) is 11.5. The number of nitrogens with one attached hydrogen (secondary N) is 1. The van der Waals surface area contributed by atoms with Crippen LogP contribution >= 0.6 is 15.9 Å². The molecule has 0 heterocycles. The first-order chi connectivity index (χ1) is 8.49. The molecule has 1 aromatic rings. The van der Waals surface area contributed by atoms with Crippen molar-refractivity contribution < 1.29 is 22.7 Å². The van der Waals surface area contributed by atoms with Gasteiger partial charge in [-0.1, -0.05) is 15.9 Å². The second kappa shape index (κ2) is 5.40. The summed E-state index contributed by atoms with van der Waals surface area (Å²) in [5, 5.41) is 2.10. The fraction of sp³-hybridized carbons (Fsp3) is 0.417. The Hall–Kier alpha value is -1.24. The van der Waals surface area contributed by atoms with Crippen molar-refractivity contribution in [1.29, 1.82) is 0 Å². The van der Waals surface area contributed by atoms with Gasteiger partial charge in [0.05, 0.1) is 11.3 Å². The quantitative estimate of drug-likeness (QED) is 0.796. The van der Waals surface area contributed by atoms with E-state index in [0.717, 1.165) is 6.07 Å². The topological polar surface area (TPSA) is 38.3 Å². The Morgan fingerprint density at radius 1 is 1.26 bits per heavy atom. The van der Waals surface area contributed by atoms with E-state index in [4.69, 9.17) is 4.74 Å². The molecule has 1 amide bonds. The van der Waals surface area contributed by atoms with Crippen molar-refractivity contribution in [2.24, 2.45) is 0 Å². The van der Waals surface area contributed by atoms with Gasteiger partial charge in [-0.2, -0.15) is 13.2 Å². The molecule has 0 spiro atoms. The van der Waals surface area contributed by atoms with Gasteiger partial charge in [-0.15, -0.1) is 0 Å². The number of hydrogen-bond donors (Lipinski definition) is 1. The first-order valence-corrected chi connectivity index (χ1v) is 6.15. The minimum atomic E-state index is -4.55. The third kappa shape index (κ3) is 5.10. The lowest BCUT2D eigenvalue weighted by atomic mass is 10.1. The molecule has 1 rings (SSSR count). The van der Waals surface area contributed by atoms with E-state index in [1.807, 2.05) is 0 Å². The number of hydrogen-bond acceptors (Lipinski definition) is 2. The van der Waals surface area contributed by atoms with Crippen LogP contribution in [0.5, 0.6) is 0 Å². The van der Waals surface area contributed by atoms with Crippen LogP contribution in [0.25, 0.3) is 0 Å². The molecule has 0 aliphatic rings. The van der Waals surface area contributed by atoms with Gasteiger partial charge >= 0.3 is 12.3 Å². The summed E-state index contributed by atoms with van der Waals surface area (Å²) in [5.41, 5.74) is -2.06. The van der Waals surface area contributed by atoms with E-state index in [0.29, 0.717) is 4.47 Å². The number of ether oxygens (including phenoxy) is 1. The van der Waals surface area contributed by atoms with Crippen LogP contribution < -0.4 is 5.32 Å². The molecule has 106 valence electrons. The molecular weight excluding hydrogens is 327 g/mol. The molecule has 0 saturated carbocycles. The van der Waals surface area contributed by atoms with Gasteiger partial charge in [-0.05, 0) is 39.0 Å². The Morgan fingerprint density at radius 2 is 1.84 bits per heavy atom. The van der Waals surface area contributed by atoms with Gasteiger partial charge in [0.15, 0.2) is 0 Å². The van der Waals surface area contributed by atoms with Gasteiger partial charge in [0.1, 0.15) is 5.60 Å². The molecule has 0 bridgehead atoms. The molecule has 0 aromatic heterocycles. The number of benzene rings is 1. The van der Waals surface area contributed by atoms with Gasteiger partial charge in [-0.3, -0.25) is 5.32 Å². The van der Waals surface area contributed by atoms with Crippen molar-refractivity contribution in [3.8, 4) is 0 Å². The third-order valence-electron chi connectivity index (χ3n) is 1.92. The average molecular weight is 340 g/mol. The maximum Gasteiger partial charge on any atom is 0.418 e. The van der Waals surface area contributed by atoms with E-state index in [2.05, 4.69) is 21.2 Å². The largest absolute Gasteiger partial charge is 0.444 e. The summed E-state index contributed by atoms with van der Waals surface area (Å²) in [6, 6.07) is 3.31. The van der Waals surface area contributed by atoms with E-state index < -0.39 is 23.4 Å². The van der Waals surface area contributed by atoms with Crippen LogP contribution in [-0.4, -0.2) is 11.7 Å². The zero-order valence-electron chi connectivity index (χ0n) is 10.6. The van der Waals surface area contributed by atoms with Crippen molar-refractivity contribution in [1.82, 2.24) is 0 Å². The minimum absolute atomic E-state index is 0.351. The van der Waals surface area contributed by atoms with Crippen LogP contribution in [0.15, 0.2) is 22.7 Å². The van der Waals surface area contributed by atoms with Crippen molar-refractivity contribution >= 4 is 27.7 Å². The smallest absolute Gasteiger partial charge is 0.418 e. The fourth-order valence-corrected chi connectivity index (χ4v) is 1.64. The zero-order valence-corrected chi connectivity index (χ0v) is 12.1. The first kappa shape index (κ1) is 15.8. The normalized spacial score (nSPS) is 12.2. The number of rotatable bonds is 1. The molecule has 0 saturated heterocycles. The molecule has 3 nitrogen and oxygen atoms in total. The fourth-order valence-electron chi connectivity index (χ4n) is 1.28. The number of anilines is 1. The predicted octanol–water partition coefficient (Wildman–Crippen LogP) is 4.81. The summed E-state index contributed by atoms with van der Waals surface area (Å²) in [6.07, 6.45) is -5.48. The zero-order chi connectivity index (χ0) is 14.8. The number of alkyl halides is 3. The highest BCUT2D eigenvalue weighted by Crippen LogP contribution is 2.36. The molecule has 19 heavy (non-hydrogen) atoms. The summed E-state index contributed by atoms with van der Waals surface area (Å²) >= 11 is 3.05. The predicted molar refractivity (Wildman–Crippen MR) is 69.0 cm³/mol. The van der Waals surface area contributed by atoms with Crippen LogP contribution in [0.1, 0.15) is 26.3 Å². The number of carbonyl (C=O) groups excluding carboxylic acids is 1. The first-order valence-electron chi connectivity index (χ1n) is 5.36. The van der Waals surface area contributed by atoms with Gasteiger partial charge in [-0.25, -0.2) is 4.79 Å². The Balaban J connectivity index is 3.00. The summed E-state index contributed by atoms with van der Waals surface area (Å²) < 4.78 is 43.6. The Bertz CT molecular complexity index is 481. The van der Waals surface area contributed by atoms with Crippen LogP contribution in [0.3, 0.4) is 0 Å². The molecule has 0 unspecified atom stereocenters. The molecule has 1 aromatic carbocycles. The Morgan fingerprint density at radius 3 is 2.32 bits per heavy atom.